The number of methoxy groups -OCH3 is 1. The van der Waals surface area contributed by atoms with Crippen LogP contribution in [0.1, 0.15) is 41.1 Å². The van der Waals surface area contributed by atoms with Crippen molar-refractivity contribution in [3.63, 3.8) is 0 Å². The second-order valence-corrected chi connectivity index (χ2v) is 8.26. The number of carbonyl (C=O) groups excluding carboxylic acids is 2. The van der Waals surface area contributed by atoms with E-state index in [4.69, 9.17) is 4.74 Å². The van der Waals surface area contributed by atoms with Gasteiger partial charge in [0.1, 0.15) is 11.6 Å². The van der Waals surface area contributed by atoms with Gasteiger partial charge in [-0.25, -0.2) is 9.78 Å². The van der Waals surface area contributed by atoms with E-state index in [1.165, 1.54) is 29.0 Å². The smallest absolute Gasteiger partial charge is 0.328 e. The van der Waals surface area contributed by atoms with E-state index in [9.17, 15) is 14.4 Å². The monoisotopic (exact) mass is 413 g/mol. The average Bonchev–Trinajstić information content (AvgIpc) is 3.11. The van der Waals surface area contributed by atoms with Crippen LogP contribution < -0.4 is 10.9 Å². The second-order valence-electron chi connectivity index (χ2n) is 7.17. The zero-order valence-electron chi connectivity index (χ0n) is 16.5. The van der Waals surface area contributed by atoms with E-state index in [0.29, 0.717) is 17.8 Å². The first kappa shape index (κ1) is 20.7. The van der Waals surface area contributed by atoms with Gasteiger partial charge >= 0.3 is 5.97 Å². The Kier molecular flexibility index (Phi) is 6.43. The Morgan fingerprint density at radius 2 is 1.97 bits per heavy atom. The van der Waals surface area contributed by atoms with E-state index >= 15 is 0 Å². The van der Waals surface area contributed by atoms with Crippen molar-refractivity contribution < 1.29 is 14.3 Å². The second kappa shape index (κ2) is 9.00. The maximum Gasteiger partial charge on any atom is 0.328 e. The molecular weight excluding hydrogens is 390 g/mol. The molecule has 2 heterocycles. The van der Waals surface area contributed by atoms with Crippen LogP contribution in [0.25, 0.3) is 4.96 Å². The van der Waals surface area contributed by atoms with Gasteiger partial charge in [0, 0.05) is 23.7 Å². The standard InChI is InChI=1S/C21H23N3O4S/c1-13(2)9-17(20(27)28-3)23-18(25)16-11-22-21-24(19(16)26)12-15(29-21)10-14-7-5-4-6-8-14/h4-8,11-13,17H,9-10H2,1-3H3,(H,23,25). The van der Waals surface area contributed by atoms with Crippen LogP contribution in [0.2, 0.25) is 0 Å². The SMILES string of the molecule is COC(=O)C(CC(C)C)NC(=O)c1cnc2sc(Cc3ccccc3)cn2c1=O. The Balaban J connectivity index is 1.85. The number of nitrogens with zero attached hydrogens (tertiary/aromatic N) is 2. The highest BCUT2D eigenvalue weighted by Crippen LogP contribution is 2.18. The van der Waals surface area contributed by atoms with Gasteiger partial charge in [-0.15, -0.1) is 11.3 Å². The number of esters is 1. The summed E-state index contributed by atoms with van der Waals surface area (Å²) in [4.78, 5) is 43.2. The lowest BCUT2D eigenvalue weighted by Crippen LogP contribution is -2.44. The highest BCUT2D eigenvalue weighted by atomic mass is 32.1. The number of ether oxygens (including phenoxy) is 1. The molecule has 8 heteroatoms. The summed E-state index contributed by atoms with van der Waals surface area (Å²) in [5.74, 6) is -1.01. The van der Waals surface area contributed by atoms with Gasteiger partial charge in [-0.3, -0.25) is 14.0 Å². The maximum atomic E-state index is 12.8. The van der Waals surface area contributed by atoms with Gasteiger partial charge < -0.3 is 10.1 Å². The molecule has 0 radical (unpaired) electrons. The van der Waals surface area contributed by atoms with E-state index in [1.54, 1.807) is 6.20 Å². The molecule has 1 unspecified atom stereocenters. The Morgan fingerprint density at radius 1 is 1.24 bits per heavy atom. The molecule has 152 valence electrons. The molecule has 0 aliphatic carbocycles. The van der Waals surface area contributed by atoms with Crippen LogP contribution in [0, 0.1) is 5.92 Å². The lowest BCUT2D eigenvalue weighted by atomic mass is 10.0. The average molecular weight is 413 g/mol. The fourth-order valence-electron chi connectivity index (χ4n) is 3.03. The van der Waals surface area contributed by atoms with Crippen LogP contribution in [0.5, 0.6) is 0 Å². The summed E-state index contributed by atoms with van der Waals surface area (Å²) in [5, 5.41) is 2.60. The van der Waals surface area contributed by atoms with Gasteiger partial charge in [0.15, 0.2) is 4.96 Å². The third-order valence-electron chi connectivity index (χ3n) is 4.42. The summed E-state index contributed by atoms with van der Waals surface area (Å²) in [5.41, 5.74) is 0.556. The Bertz CT molecular complexity index is 1070. The molecule has 1 aromatic carbocycles. The van der Waals surface area contributed by atoms with Crippen molar-refractivity contribution in [3.8, 4) is 0 Å². The predicted molar refractivity (Wildman–Crippen MR) is 111 cm³/mol. The predicted octanol–water partition coefficient (Wildman–Crippen LogP) is 2.66. The summed E-state index contributed by atoms with van der Waals surface area (Å²) in [7, 11) is 1.27. The fourth-order valence-corrected chi connectivity index (χ4v) is 4.00. The Labute approximate surface area is 172 Å². The number of thiazole rings is 1. The van der Waals surface area contributed by atoms with Gasteiger partial charge in [0.2, 0.25) is 0 Å². The molecule has 0 saturated heterocycles. The van der Waals surface area contributed by atoms with Crippen LogP contribution >= 0.6 is 11.3 Å². The molecule has 7 nitrogen and oxygen atoms in total. The number of nitrogens with one attached hydrogen (secondary N) is 1. The molecule has 1 amide bonds. The molecular formula is C21H23N3O4S. The summed E-state index contributed by atoms with van der Waals surface area (Å²) in [6, 6.07) is 9.09. The van der Waals surface area contributed by atoms with Crippen LogP contribution in [-0.2, 0) is 16.0 Å². The molecule has 0 aliphatic heterocycles. The normalized spacial score (nSPS) is 12.1. The molecule has 3 aromatic rings. The highest BCUT2D eigenvalue weighted by Gasteiger charge is 2.25. The number of amides is 1. The van der Waals surface area contributed by atoms with E-state index in [-0.39, 0.29) is 11.5 Å². The molecule has 3 rings (SSSR count). The molecule has 0 fully saturated rings. The van der Waals surface area contributed by atoms with Crippen molar-refractivity contribution in [2.24, 2.45) is 5.92 Å². The number of rotatable bonds is 7. The van der Waals surface area contributed by atoms with Crippen LogP contribution in [-0.4, -0.2) is 34.4 Å². The number of hydrogen-bond donors (Lipinski definition) is 1. The van der Waals surface area contributed by atoms with Gasteiger partial charge in [0.05, 0.1) is 7.11 Å². The minimum Gasteiger partial charge on any atom is -0.467 e. The molecule has 0 aliphatic rings. The lowest BCUT2D eigenvalue weighted by Gasteiger charge is -2.18. The number of fused-ring (bicyclic) bond motifs is 1. The van der Waals surface area contributed by atoms with Crippen LogP contribution in [0.15, 0.2) is 47.5 Å². The first-order valence-electron chi connectivity index (χ1n) is 9.31. The third kappa shape index (κ3) is 4.89. The highest BCUT2D eigenvalue weighted by molar-refractivity contribution is 7.17. The molecule has 29 heavy (non-hydrogen) atoms. The molecule has 1 N–H and O–H groups in total. The van der Waals surface area contributed by atoms with Gasteiger partial charge in [0.25, 0.3) is 11.5 Å². The largest absolute Gasteiger partial charge is 0.467 e. The maximum absolute atomic E-state index is 12.8. The quantitative estimate of drug-likeness (QED) is 0.602. The van der Waals surface area contributed by atoms with Gasteiger partial charge in [-0.1, -0.05) is 44.2 Å². The Hall–Kier alpha value is -3.00. The van der Waals surface area contributed by atoms with E-state index in [2.05, 4.69) is 10.3 Å². The number of benzene rings is 1. The summed E-state index contributed by atoms with van der Waals surface area (Å²) in [6.07, 6.45) is 4.06. The Morgan fingerprint density at radius 3 is 2.62 bits per heavy atom. The summed E-state index contributed by atoms with van der Waals surface area (Å²) >= 11 is 1.40. The molecule has 2 aromatic heterocycles. The van der Waals surface area contributed by atoms with Crippen molar-refractivity contribution in [1.82, 2.24) is 14.7 Å². The van der Waals surface area contributed by atoms with Crippen molar-refractivity contribution in [2.45, 2.75) is 32.7 Å². The van der Waals surface area contributed by atoms with E-state index in [0.717, 1.165) is 10.4 Å². The minimum atomic E-state index is -0.816. The minimum absolute atomic E-state index is 0.107. The molecule has 0 bridgehead atoms. The topological polar surface area (TPSA) is 89.8 Å². The number of hydrogen-bond acceptors (Lipinski definition) is 6. The third-order valence-corrected chi connectivity index (χ3v) is 5.42. The molecule has 0 saturated carbocycles. The van der Waals surface area contributed by atoms with Crippen molar-refractivity contribution in [2.75, 3.05) is 7.11 Å². The van der Waals surface area contributed by atoms with Crippen LogP contribution in [0.3, 0.4) is 0 Å². The number of carbonyl (C=O) groups is 2. The van der Waals surface area contributed by atoms with Crippen molar-refractivity contribution in [1.29, 1.82) is 0 Å². The van der Waals surface area contributed by atoms with Gasteiger partial charge in [-0.05, 0) is 17.9 Å². The molecule has 1 atom stereocenters. The number of aromatic nitrogens is 2. The first-order chi connectivity index (χ1) is 13.9. The zero-order chi connectivity index (χ0) is 21.0. The van der Waals surface area contributed by atoms with E-state index < -0.39 is 23.5 Å². The van der Waals surface area contributed by atoms with E-state index in [1.807, 2.05) is 44.2 Å². The van der Waals surface area contributed by atoms with Crippen molar-refractivity contribution >= 4 is 28.2 Å². The van der Waals surface area contributed by atoms with Gasteiger partial charge in [-0.2, -0.15) is 0 Å². The summed E-state index contributed by atoms with van der Waals surface area (Å²) in [6.45, 7) is 3.87. The van der Waals surface area contributed by atoms with Crippen molar-refractivity contribution in [3.05, 3.63) is 69.1 Å². The molecule has 0 spiro atoms. The zero-order valence-corrected chi connectivity index (χ0v) is 17.4. The lowest BCUT2D eigenvalue weighted by molar-refractivity contribution is -0.143. The first-order valence-corrected chi connectivity index (χ1v) is 10.1. The van der Waals surface area contributed by atoms with Crippen LogP contribution in [0.4, 0.5) is 0 Å². The fraction of sp³-hybridized carbons (Fsp3) is 0.333. The summed E-state index contributed by atoms with van der Waals surface area (Å²) < 4.78 is 6.14.